The average Bonchev–Trinajstić information content (AvgIpc) is 2.78. The van der Waals surface area contributed by atoms with E-state index in [1.807, 2.05) is 42.3 Å². The minimum atomic E-state index is 0.593. The first-order valence-corrected chi connectivity index (χ1v) is 9.44. The van der Waals surface area contributed by atoms with Gasteiger partial charge in [-0.3, -0.25) is 4.98 Å². The molecule has 0 spiro atoms. The number of ether oxygens (including phenoxy) is 2. The fraction of sp³-hybridized carbons (Fsp3) is 0.333. The molecule has 0 unspecified atom stereocenters. The molecule has 8 heteroatoms. The lowest BCUT2D eigenvalue weighted by molar-refractivity contribution is 0.354. The summed E-state index contributed by atoms with van der Waals surface area (Å²) in [6, 6.07) is 9.95. The average molecular weight is 394 g/mol. The number of aromatic nitrogens is 4. The number of pyridine rings is 1. The van der Waals surface area contributed by atoms with Crippen LogP contribution in [0.3, 0.4) is 0 Å². The number of methoxy groups -OCH3 is 2. The summed E-state index contributed by atoms with van der Waals surface area (Å²) in [7, 11) is 5.23. The van der Waals surface area contributed by atoms with Gasteiger partial charge in [0.05, 0.1) is 20.4 Å². The van der Waals surface area contributed by atoms with E-state index < -0.39 is 0 Å². The van der Waals surface area contributed by atoms with E-state index in [2.05, 4.69) is 25.5 Å². The highest BCUT2D eigenvalue weighted by Gasteiger charge is 2.08. The van der Waals surface area contributed by atoms with Crippen molar-refractivity contribution < 1.29 is 9.47 Å². The molecule has 8 nitrogen and oxygen atoms in total. The molecule has 1 N–H and O–H groups in total. The van der Waals surface area contributed by atoms with Crippen molar-refractivity contribution in [2.24, 2.45) is 0 Å². The van der Waals surface area contributed by atoms with Gasteiger partial charge in [0.25, 0.3) is 0 Å². The van der Waals surface area contributed by atoms with E-state index in [0.29, 0.717) is 18.3 Å². The van der Waals surface area contributed by atoms with Crippen LogP contribution in [-0.4, -0.2) is 54.5 Å². The molecule has 0 bridgehead atoms. The van der Waals surface area contributed by atoms with Gasteiger partial charge in [0.15, 0.2) is 17.3 Å². The van der Waals surface area contributed by atoms with Crippen molar-refractivity contribution in [1.29, 1.82) is 0 Å². The normalized spacial score (nSPS) is 10.4. The molecular weight excluding hydrogens is 368 g/mol. The number of benzene rings is 1. The fourth-order valence-electron chi connectivity index (χ4n) is 2.86. The lowest BCUT2D eigenvalue weighted by atomic mass is 10.1. The van der Waals surface area contributed by atoms with E-state index in [1.165, 1.54) is 5.56 Å². The second-order valence-corrected chi connectivity index (χ2v) is 6.53. The molecule has 0 fully saturated rings. The van der Waals surface area contributed by atoms with Crippen LogP contribution in [-0.2, 0) is 12.8 Å². The molecule has 1 aromatic carbocycles. The quantitative estimate of drug-likeness (QED) is 0.562. The number of hydrogen-bond acceptors (Lipinski definition) is 8. The molecule has 0 radical (unpaired) electrons. The van der Waals surface area contributed by atoms with Gasteiger partial charge in [0.1, 0.15) is 0 Å². The minimum Gasteiger partial charge on any atom is -0.493 e. The van der Waals surface area contributed by atoms with E-state index >= 15 is 0 Å². The monoisotopic (exact) mass is 394 g/mol. The van der Waals surface area contributed by atoms with Crippen LogP contribution < -0.4 is 19.7 Å². The van der Waals surface area contributed by atoms with Gasteiger partial charge in [-0.15, -0.1) is 5.10 Å². The van der Waals surface area contributed by atoms with Crippen molar-refractivity contribution in [3.63, 3.8) is 0 Å². The topological polar surface area (TPSA) is 85.3 Å². The number of rotatable bonds is 10. The smallest absolute Gasteiger partial charge is 0.247 e. The standard InChI is InChI=1S/C21H26N6O2/c1-27(13-9-16-6-10-22-11-7-16)21-25-20(15-24-26-21)23-12-8-17-4-5-18(28-2)19(14-17)29-3/h4-7,10-11,14-15H,8-9,12-13H2,1-3H3,(H,23,25,26). The maximum atomic E-state index is 5.35. The highest BCUT2D eigenvalue weighted by atomic mass is 16.5. The Bertz CT molecular complexity index is 907. The Morgan fingerprint density at radius 1 is 0.966 bits per heavy atom. The van der Waals surface area contributed by atoms with Gasteiger partial charge in [0.2, 0.25) is 5.95 Å². The zero-order chi connectivity index (χ0) is 20.5. The van der Waals surface area contributed by atoms with Gasteiger partial charge in [-0.1, -0.05) is 6.07 Å². The number of likely N-dealkylation sites (N-methyl/N-ethyl adjacent to an activating group) is 1. The Hall–Kier alpha value is -3.42. The molecule has 0 atom stereocenters. The summed E-state index contributed by atoms with van der Waals surface area (Å²) < 4.78 is 10.6. The number of nitrogens with zero attached hydrogens (tertiary/aromatic N) is 5. The van der Waals surface area contributed by atoms with Crippen LogP contribution in [0.2, 0.25) is 0 Å². The van der Waals surface area contributed by atoms with E-state index in [9.17, 15) is 0 Å². The molecule has 0 saturated heterocycles. The minimum absolute atomic E-state index is 0.593. The lowest BCUT2D eigenvalue weighted by Crippen LogP contribution is -2.23. The van der Waals surface area contributed by atoms with Crippen LogP contribution in [0.15, 0.2) is 48.9 Å². The van der Waals surface area contributed by atoms with Crippen LogP contribution in [0, 0.1) is 0 Å². The Morgan fingerprint density at radius 2 is 1.76 bits per heavy atom. The molecule has 0 aliphatic rings. The molecule has 0 aliphatic heterocycles. The summed E-state index contributed by atoms with van der Waals surface area (Å²) in [5, 5.41) is 11.5. The second-order valence-electron chi connectivity index (χ2n) is 6.53. The summed E-state index contributed by atoms with van der Waals surface area (Å²) in [6.45, 7) is 1.51. The first-order valence-electron chi connectivity index (χ1n) is 9.44. The summed E-state index contributed by atoms with van der Waals surface area (Å²) in [6.07, 6.45) is 6.94. The Labute approximate surface area is 170 Å². The molecule has 0 aliphatic carbocycles. The Morgan fingerprint density at radius 3 is 2.52 bits per heavy atom. The zero-order valence-corrected chi connectivity index (χ0v) is 17.0. The maximum absolute atomic E-state index is 5.35. The molecule has 3 rings (SSSR count). The van der Waals surface area contributed by atoms with E-state index in [0.717, 1.165) is 36.4 Å². The van der Waals surface area contributed by atoms with Gasteiger partial charge in [-0.05, 0) is 48.2 Å². The largest absolute Gasteiger partial charge is 0.493 e. The highest BCUT2D eigenvalue weighted by Crippen LogP contribution is 2.27. The van der Waals surface area contributed by atoms with Crippen LogP contribution in [0.4, 0.5) is 11.8 Å². The molecule has 152 valence electrons. The predicted octanol–water partition coefficient (Wildman–Crippen LogP) is 2.62. The molecule has 0 saturated carbocycles. The number of anilines is 2. The van der Waals surface area contributed by atoms with Crippen molar-refractivity contribution in [3.05, 3.63) is 60.0 Å². The third-order valence-corrected chi connectivity index (χ3v) is 4.54. The third kappa shape index (κ3) is 5.78. The van der Waals surface area contributed by atoms with Gasteiger partial charge in [-0.2, -0.15) is 10.1 Å². The molecular formula is C21H26N6O2. The molecule has 29 heavy (non-hydrogen) atoms. The lowest BCUT2D eigenvalue weighted by Gasteiger charge is -2.17. The summed E-state index contributed by atoms with van der Waals surface area (Å²) in [5.41, 5.74) is 2.37. The Balaban J connectivity index is 1.53. The number of nitrogens with one attached hydrogen (secondary N) is 1. The van der Waals surface area contributed by atoms with E-state index in [4.69, 9.17) is 9.47 Å². The van der Waals surface area contributed by atoms with Crippen molar-refractivity contribution in [2.45, 2.75) is 12.8 Å². The molecule has 2 aromatic heterocycles. The molecule has 3 aromatic rings. The summed E-state index contributed by atoms with van der Waals surface area (Å²) >= 11 is 0. The van der Waals surface area contributed by atoms with Crippen molar-refractivity contribution in [1.82, 2.24) is 20.2 Å². The second kappa shape index (κ2) is 10.2. The highest BCUT2D eigenvalue weighted by molar-refractivity contribution is 5.43. The zero-order valence-electron chi connectivity index (χ0n) is 17.0. The van der Waals surface area contributed by atoms with Crippen LogP contribution in [0.25, 0.3) is 0 Å². The first kappa shape index (κ1) is 20.3. The number of hydrogen-bond donors (Lipinski definition) is 1. The van der Waals surface area contributed by atoms with Crippen molar-refractivity contribution in [3.8, 4) is 11.5 Å². The van der Waals surface area contributed by atoms with Crippen LogP contribution >= 0.6 is 0 Å². The van der Waals surface area contributed by atoms with Gasteiger partial charge in [-0.25, -0.2) is 0 Å². The SMILES string of the molecule is COc1ccc(CCNc2cnnc(N(C)CCc3ccncc3)n2)cc1OC. The van der Waals surface area contributed by atoms with Crippen LogP contribution in [0.5, 0.6) is 11.5 Å². The van der Waals surface area contributed by atoms with Crippen molar-refractivity contribution >= 4 is 11.8 Å². The van der Waals surface area contributed by atoms with E-state index in [-0.39, 0.29) is 0 Å². The van der Waals surface area contributed by atoms with Crippen molar-refractivity contribution in [2.75, 3.05) is 44.6 Å². The molecule has 0 amide bonds. The van der Waals surface area contributed by atoms with Gasteiger partial charge < -0.3 is 19.7 Å². The maximum Gasteiger partial charge on any atom is 0.247 e. The predicted molar refractivity (Wildman–Crippen MR) is 113 cm³/mol. The van der Waals surface area contributed by atoms with E-state index in [1.54, 1.807) is 32.8 Å². The fourth-order valence-corrected chi connectivity index (χ4v) is 2.86. The third-order valence-electron chi connectivity index (χ3n) is 4.54. The van der Waals surface area contributed by atoms with Crippen LogP contribution in [0.1, 0.15) is 11.1 Å². The first-order chi connectivity index (χ1) is 14.2. The molecule has 2 heterocycles. The van der Waals surface area contributed by atoms with Gasteiger partial charge >= 0.3 is 0 Å². The summed E-state index contributed by atoms with van der Waals surface area (Å²) in [4.78, 5) is 10.6. The Kier molecular flexibility index (Phi) is 7.16. The van der Waals surface area contributed by atoms with Gasteiger partial charge in [0, 0.05) is 32.5 Å². The summed E-state index contributed by atoms with van der Waals surface area (Å²) in [5.74, 6) is 2.75.